The minimum atomic E-state index is -2.52. The van der Waals surface area contributed by atoms with E-state index in [9.17, 15) is 86.9 Å². The second-order valence-electron chi connectivity index (χ2n) is 22.7. The topological polar surface area (TPSA) is 517 Å². The van der Waals surface area contributed by atoms with Gasteiger partial charge < -0.3 is 114 Å². The van der Waals surface area contributed by atoms with Gasteiger partial charge in [0.15, 0.2) is 84.5 Å². The molecule has 20 atom stereocenters. The van der Waals surface area contributed by atoms with Crippen molar-refractivity contribution in [3.8, 4) is 23.0 Å². The number of rotatable bonds is 26. The highest BCUT2D eigenvalue weighted by molar-refractivity contribution is 6.25. The standard InChI is InChI=1S/C62H74O40/c1-21(63)81-17-37-45(85-25(5)67)51(87-27(7)69)55(91-31(11)73)59(95-37)99-47-39(19-83-23(3)65)97-61(57(93-33(13)75)53(47)89-29(9)71)101-49-43(79)41-35(77)15-16-36(78)42(41)44(80)50(49)102-62-58(94-34(14)76)54(90-30(10)72)48(40(98-62)20-84-24(4)66)100-60-56(92-32(12)74)52(88-28(8)70)46(86-26(6)68)38(96-60)18-82-22(2)64/h15-16,37-40,45-48,51-62,79-80H,17-20H2,1-14H3/t37-,38-,39-,40-,45-,46-,47-,48-,51+,52+,53+,54+,55-,56-,57-,58-,59-,60-,61+,62+/m1/s1. The summed E-state index contributed by atoms with van der Waals surface area (Å²) in [5, 5.41) is 24.9. The van der Waals surface area contributed by atoms with Crippen molar-refractivity contribution in [1.82, 2.24) is 0 Å². The lowest BCUT2D eigenvalue weighted by Crippen LogP contribution is -2.67. The fraction of sp³-hybridized carbons (Fsp3) is 0.613. The number of phenols is 2. The summed E-state index contributed by atoms with van der Waals surface area (Å²) < 4.78 is 127. The molecule has 4 fully saturated rings. The van der Waals surface area contributed by atoms with Gasteiger partial charge in [0, 0.05) is 96.9 Å². The van der Waals surface area contributed by atoms with Gasteiger partial charge in [-0.2, -0.15) is 0 Å². The molecule has 1 aliphatic carbocycles. The number of ketones is 2. The quantitative estimate of drug-likeness (QED) is 0.0640. The Labute approximate surface area is 577 Å². The summed E-state index contributed by atoms with van der Waals surface area (Å²) in [6.45, 7) is 8.74. The van der Waals surface area contributed by atoms with Gasteiger partial charge >= 0.3 is 83.6 Å². The van der Waals surface area contributed by atoms with E-state index >= 15 is 0 Å². The van der Waals surface area contributed by atoms with Gasteiger partial charge in [-0.15, -0.1) is 0 Å². The first-order chi connectivity index (χ1) is 47.8. The van der Waals surface area contributed by atoms with Crippen LogP contribution in [0.5, 0.6) is 23.0 Å². The van der Waals surface area contributed by atoms with Crippen LogP contribution in [-0.4, -0.2) is 255 Å². The van der Waals surface area contributed by atoms with Gasteiger partial charge in [-0.25, -0.2) is 0 Å². The number of benzene rings is 1. The van der Waals surface area contributed by atoms with Gasteiger partial charge in [-0.1, -0.05) is 0 Å². The Hall–Kier alpha value is -10.2. The summed E-state index contributed by atoms with van der Waals surface area (Å²) in [5.74, 6) is -23.6. The number of fused-ring (bicyclic) bond motifs is 1. The molecule has 0 amide bonds. The molecule has 40 nitrogen and oxygen atoms in total. The molecule has 0 bridgehead atoms. The summed E-state index contributed by atoms with van der Waals surface area (Å²) in [6, 6.07) is 0. The van der Waals surface area contributed by atoms with Crippen LogP contribution in [0.15, 0.2) is 12.2 Å². The fourth-order valence-corrected chi connectivity index (χ4v) is 11.1. The molecule has 562 valence electrons. The van der Waals surface area contributed by atoms with Crippen molar-refractivity contribution < 1.29 is 191 Å². The van der Waals surface area contributed by atoms with Crippen molar-refractivity contribution >= 4 is 95.1 Å². The molecule has 4 saturated heterocycles. The molecule has 1 aromatic rings. The highest BCUT2D eigenvalue weighted by atomic mass is 16.8. The summed E-state index contributed by atoms with van der Waals surface area (Å²) in [4.78, 5) is 208. The van der Waals surface area contributed by atoms with E-state index in [1.54, 1.807) is 0 Å². The Balaban J connectivity index is 1.58. The van der Waals surface area contributed by atoms with Crippen LogP contribution < -0.4 is 9.47 Å². The monoisotopic (exact) mass is 1460 g/mol. The van der Waals surface area contributed by atoms with Gasteiger partial charge in [0.1, 0.15) is 63.1 Å². The van der Waals surface area contributed by atoms with Crippen LogP contribution in [0.4, 0.5) is 0 Å². The molecule has 6 rings (SSSR count). The van der Waals surface area contributed by atoms with Crippen molar-refractivity contribution in [2.24, 2.45) is 0 Å². The van der Waals surface area contributed by atoms with Crippen LogP contribution in [-0.2, 0) is 162 Å². The van der Waals surface area contributed by atoms with Crippen LogP contribution >= 0.6 is 0 Å². The molecular formula is C62H74O40. The van der Waals surface area contributed by atoms with E-state index in [2.05, 4.69) is 0 Å². The lowest BCUT2D eigenvalue weighted by atomic mass is 9.91. The van der Waals surface area contributed by atoms with Crippen molar-refractivity contribution in [2.75, 3.05) is 26.4 Å². The first-order valence-corrected chi connectivity index (χ1v) is 30.7. The van der Waals surface area contributed by atoms with E-state index in [0.29, 0.717) is 12.2 Å². The number of allylic oxidation sites excluding steroid dienone is 2. The molecule has 40 heteroatoms. The molecule has 4 aliphatic heterocycles. The number of carbonyl (C=O) groups excluding carboxylic acids is 16. The van der Waals surface area contributed by atoms with Crippen molar-refractivity contribution in [3.63, 3.8) is 0 Å². The van der Waals surface area contributed by atoms with Crippen LogP contribution in [0.2, 0.25) is 0 Å². The maximum Gasteiger partial charge on any atom is 0.303 e. The first kappa shape index (κ1) is 80.8. The fourth-order valence-electron chi connectivity index (χ4n) is 11.1. The van der Waals surface area contributed by atoms with Crippen molar-refractivity contribution in [2.45, 2.75) is 220 Å². The van der Waals surface area contributed by atoms with Crippen molar-refractivity contribution in [3.05, 3.63) is 23.3 Å². The molecule has 0 radical (unpaired) electrons. The van der Waals surface area contributed by atoms with E-state index < -0.39 is 279 Å². The number of carbonyl (C=O) groups is 16. The number of aromatic hydroxyl groups is 2. The molecule has 102 heavy (non-hydrogen) atoms. The molecule has 0 saturated carbocycles. The second-order valence-corrected chi connectivity index (χ2v) is 22.7. The molecule has 4 heterocycles. The summed E-state index contributed by atoms with van der Waals surface area (Å²) in [5.41, 5.74) is -2.10. The van der Waals surface area contributed by atoms with E-state index in [4.69, 9.17) is 104 Å². The number of esters is 14. The van der Waals surface area contributed by atoms with E-state index in [1.165, 1.54) is 0 Å². The normalized spacial score (nSPS) is 29.4. The lowest BCUT2D eigenvalue weighted by Gasteiger charge is -2.49. The van der Waals surface area contributed by atoms with Gasteiger partial charge in [-0.05, 0) is 12.2 Å². The molecule has 0 aromatic heterocycles. The Morgan fingerprint density at radius 1 is 0.284 bits per heavy atom. The molecular weight excluding hydrogens is 1380 g/mol. The predicted octanol–water partition coefficient (Wildman–Crippen LogP) is -0.970. The third kappa shape index (κ3) is 21.2. The first-order valence-electron chi connectivity index (χ1n) is 30.7. The van der Waals surface area contributed by atoms with Gasteiger partial charge in [0.2, 0.25) is 36.3 Å². The number of ether oxygens (including phenoxy) is 22. The van der Waals surface area contributed by atoms with Crippen LogP contribution in [0.25, 0.3) is 0 Å². The summed E-state index contributed by atoms with van der Waals surface area (Å²) in [7, 11) is 0. The summed E-state index contributed by atoms with van der Waals surface area (Å²) in [6.07, 6.45) is -40.5. The average Bonchev–Trinajstić information content (AvgIpc) is 0.727. The van der Waals surface area contributed by atoms with Gasteiger partial charge in [0.25, 0.3) is 0 Å². The van der Waals surface area contributed by atoms with Gasteiger partial charge in [-0.3, -0.25) is 76.7 Å². The second kappa shape index (κ2) is 35.4. The number of hydrogen-bond donors (Lipinski definition) is 2. The zero-order valence-corrected chi connectivity index (χ0v) is 56.9. The van der Waals surface area contributed by atoms with Crippen LogP contribution in [0, 0.1) is 0 Å². The average molecular weight is 1460 g/mol. The smallest absolute Gasteiger partial charge is 0.303 e. The molecule has 0 spiro atoms. The van der Waals surface area contributed by atoms with Crippen molar-refractivity contribution in [1.29, 1.82) is 0 Å². The van der Waals surface area contributed by atoms with E-state index in [0.717, 1.165) is 96.9 Å². The molecule has 2 N–H and O–H groups in total. The maximum absolute atomic E-state index is 13.9. The minimum absolute atomic E-state index is 0.643. The van der Waals surface area contributed by atoms with E-state index in [1.807, 2.05) is 0 Å². The van der Waals surface area contributed by atoms with E-state index in [-0.39, 0.29) is 0 Å². The lowest BCUT2D eigenvalue weighted by molar-refractivity contribution is -0.356. The largest absolute Gasteiger partial charge is 0.504 e. The maximum atomic E-state index is 13.9. The molecule has 5 aliphatic rings. The molecule has 1 aromatic carbocycles. The molecule has 0 unspecified atom stereocenters. The SMILES string of the molecule is CC(=O)OC[C@H]1O[C@H](O[C@H]2[C@H](OC(C)=O)[C@@H](OC(C)=O)[C@H](Oc3c(O)c4c(c(O)c3O[C@@H]3O[C@H](COC(C)=O)[C@@H](O[C@H]5O[C@H](COC(C)=O)[C@@H](OC(C)=O)[C@H](OC(C)=O)[C@H]5OC(C)=O)[C@H](OC(C)=O)[C@H]3OC(C)=O)C(=O)C=CC4=O)O[C@@H]2COC(C)=O)[C@H](OC(C)=O)[C@@H](OC(C)=O)[C@@H]1OC(C)=O. The Morgan fingerprint density at radius 2 is 0.480 bits per heavy atom. The minimum Gasteiger partial charge on any atom is -0.504 e. The van der Waals surface area contributed by atoms with Crippen LogP contribution in [0.3, 0.4) is 0 Å². The number of hydrogen-bond acceptors (Lipinski definition) is 40. The van der Waals surface area contributed by atoms with Crippen LogP contribution in [0.1, 0.15) is 118 Å². The third-order valence-electron chi connectivity index (χ3n) is 14.5. The Bertz CT molecular complexity index is 3230. The summed E-state index contributed by atoms with van der Waals surface area (Å²) >= 11 is 0. The zero-order valence-electron chi connectivity index (χ0n) is 56.9. The Morgan fingerprint density at radius 3 is 0.716 bits per heavy atom. The predicted molar refractivity (Wildman–Crippen MR) is 315 cm³/mol. The highest BCUT2D eigenvalue weighted by Crippen LogP contribution is 2.53. The Kier molecular flexibility index (Phi) is 28.1. The third-order valence-corrected chi connectivity index (χ3v) is 14.5. The number of phenolic OH excluding ortho intramolecular Hbond substituents is 2. The highest BCUT2D eigenvalue weighted by Gasteiger charge is 2.61. The van der Waals surface area contributed by atoms with Gasteiger partial charge in [0.05, 0.1) is 11.1 Å². The zero-order chi connectivity index (χ0) is 76.0.